The molecule has 0 spiro atoms. The SMILES string of the molecule is CCc1ccc(CN(C)c2ccc(S(=O)(=O)N3CCCC3)cn2)cc1. The lowest BCUT2D eigenvalue weighted by Gasteiger charge is -2.20. The van der Waals surface area contributed by atoms with Gasteiger partial charge in [0.25, 0.3) is 0 Å². The van der Waals surface area contributed by atoms with Crippen LogP contribution in [0.2, 0.25) is 0 Å². The molecule has 1 aliphatic rings. The maximum Gasteiger partial charge on any atom is 0.244 e. The molecule has 134 valence electrons. The van der Waals surface area contributed by atoms with Gasteiger partial charge in [-0.1, -0.05) is 31.2 Å². The molecule has 0 amide bonds. The highest BCUT2D eigenvalue weighted by Crippen LogP contribution is 2.22. The zero-order valence-electron chi connectivity index (χ0n) is 14.9. The number of aryl methyl sites for hydroxylation is 1. The smallest absolute Gasteiger partial charge is 0.244 e. The molecule has 2 heterocycles. The monoisotopic (exact) mass is 359 g/mol. The normalized spacial score (nSPS) is 15.4. The van der Waals surface area contributed by atoms with Crippen LogP contribution >= 0.6 is 0 Å². The van der Waals surface area contributed by atoms with Crippen molar-refractivity contribution in [2.24, 2.45) is 0 Å². The quantitative estimate of drug-likeness (QED) is 0.795. The van der Waals surface area contributed by atoms with Crippen molar-refractivity contribution >= 4 is 15.8 Å². The molecule has 1 fully saturated rings. The van der Waals surface area contributed by atoms with Gasteiger partial charge >= 0.3 is 0 Å². The van der Waals surface area contributed by atoms with Crippen molar-refractivity contribution in [2.45, 2.75) is 37.6 Å². The molecule has 0 atom stereocenters. The van der Waals surface area contributed by atoms with E-state index in [0.29, 0.717) is 13.1 Å². The minimum Gasteiger partial charge on any atom is -0.355 e. The first kappa shape index (κ1) is 17.9. The topological polar surface area (TPSA) is 53.5 Å². The number of pyridine rings is 1. The summed E-state index contributed by atoms with van der Waals surface area (Å²) in [6.07, 6.45) is 4.37. The Morgan fingerprint density at radius 2 is 1.68 bits per heavy atom. The second kappa shape index (κ2) is 7.54. The van der Waals surface area contributed by atoms with Crippen LogP contribution in [0.4, 0.5) is 5.82 Å². The van der Waals surface area contributed by atoms with Crippen molar-refractivity contribution in [2.75, 3.05) is 25.0 Å². The number of hydrogen-bond donors (Lipinski definition) is 0. The first-order chi connectivity index (χ1) is 12.0. The molecule has 1 aliphatic heterocycles. The largest absolute Gasteiger partial charge is 0.355 e. The molecule has 0 radical (unpaired) electrons. The highest BCUT2D eigenvalue weighted by atomic mass is 32.2. The van der Waals surface area contributed by atoms with Gasteiger partial charge in [0.2, 0.25) is 10.0 Å². The molecule has 0 bridgehead atoms. The molecule has 1 saturated heterocycles. The van der Waals surface area contributed by atoms with Crippen LogP contribution in [-0.4, -0.2) is 37.8 Å². The molecular weight excluding hydrogens is 334 g/mol. The molecule has 5 nitrogen and oxygen atoms in total. The third kappa shape index (κ3) is 4.02. The molecule has 0 unspecified atom stereocenters. The predicted molar refractivity (Wildman–Crippen MR) is 100 cm³/mol. The molecule has 25 heavy (non-hydrogen) atoms. The first-order valence-electron chi connectivity index (χ1n) is 8.76. The number of nitrogens with zero attached hydrogens (tertiary/aromatic N) is 3. The molecule has 0 saturated carbocycles. The zero-order valence-corrected chi connectivity index (χ0v) is 15.7. The average Bonchev–Trinajstić information content (AvgIpc) is 3.18. The van der Waals surface area contributed by atoms with E-state index in [0.717, 1.165) is 31.6 Å². The molecular formula is C19H25N3O2S. The average molecular weight is 359 g/mol. The summed E-state index contributed by atoms with van der Waals surface area (Å²) >= 11 is 0. The van der Waals surface area contributed by atoms with Crippen molar-refractivity contribution in [3.63, 3.8) is 0 Å². The van der Waals surface area contributed by atoms with E-state index in [-0.39, 0.29) is 4.90 Å². The van der Waals surface area contributed by atoms with Gasteiger partial charge in [0.1, 0.15) is 10.7 Å². The summed E-state index contributed by atoms with van der Waals surface area (Å²) in [6, 6.07) is 12.0. The summed E-state index contributed by atoms with van der Waals surface area (Å²) in [5.74, 6) is 0.764. The molecule has 1 aromatic carbocycles. The maximum absolute atomic E-state index is 12.5. The van der Waals surface area contributed by atoms with Crippen molar-refractivity contribution < 1.29 is 8.42 Å². The summed E-state index contributed by atoms with van der Waals surface area (Å²) in [5.41, 5.74) is 2.52. The summed E-state index contributed by atoms with van der Waals surface area (Å²) in [6.45, 7) is 4.09. The fraction of sp³-hybridized carbons (Fsp3) is 0.421. The number of rotatable bonds is 6. The van der Waals surface area contributed by atoms with Crippen LogP contribution in [-0.2, 0) is 23.0 Å². The van der Waals surface area contributed by atoms with Gasteiger partial charge in [-0.2, -0.15) is 4.31 Å². The number of hydrogen-bond acceptors (Lipinski definition) is 4. The Kier molecular flexibility index (Phi) is 5.39. The second-order valence-electron chi connectivity index (χ2n) is 6.49. The Morgan fingerprint density at radius 3 is 2.24 bits per heavy atom. The minimum atomic E-state index is -3.40. The number of sulfonamides is 1. The number of anilines is 1. The summed E-state index contributed by atoms with van der Waals surface area (Å²) in [5, 5.41) is 0. The summed E-state index contributed by atoms with van der Waals surface area (Å²) < 4.78 is 26.6. The fourth-order valence-corrected chi connectivity index (χ4v) is 4.53. The Hall–Kier alpha value is -1.92. The molecule has 2 aromatic rings. The van der Waals surface area contributed by atoms with Gasteiger partial charge in [-0.05, 0) is 42.5 Å². The molecule has 0 aliphatic carbocycles. The third-order valence-electron chi connectivity index (χ3n) is 4.67. The van der Waals surface area contributed by atoms with Crippen LogP contribution in [0.25, 0.3) is 0 Å². The minimum absolute atomic E-state index is 0.277. The predicted octanol–water partition coefficient (Wildman–Crippen LogP) is 3.06. The lowest BCUT2D eigenvalue weighted by atomic mass is 10.1. The van der Waals surface area contributed by atoms with Gasteiger partial charge in [-0.25, -0.2) is 13.4 Å². The van der Waals surface area contributed by atoms with Gasteiger partial charge in [0, 0.05) is 32.9 Å². The Bertz CT molecular complexity index is 796. The van der Waals surface area contributed by atoms with Gasteiger partial charge in [0.15, 0.2) is 0 Å². The highest BCUT2D eigenvalue weighted by molar-refractivity contribution is 7.89. The van der Waals surface area contributed by atoms with E-state index in [1.165, 1.54) is 17.3 Å². The van der Waals surface area contributed by atoms with E-state index >= 15 is 0 Å². The lowest BCUT2D eigenvalue weighted by molar-refractivity contribution is 0.477. The van der Waals surface area contributed by atoms with Crippen LogP contribution < -0.4 is 4.90 Å². The highest BCUT2D eigenvalue weighted by Gasteiger charge is 2.27. The van der Waals surface area contributed by atoms with Gasteiger partial charge in [0.05, 0.1) is 0 Å². The van der Waals surface area contributed by atoms with Crippen LogP contribution in [0.3, 0.4) is 0 Å². The van der Waals surface area contributed by atoms with Gasteiger partial charge < -0.3 is 4.90 Å². The molecule has 6 heteroatoms. The van der Waals surface area contributed by atoms with Crippen LogP contribution in [0.5, 0.6) is 0 Å². The van der Waals surface area contributed by atoms with E-state index in [4.69, 9.17) is 0 Å². The Morgan fingerprint density at radius 1 is 1.04 bits per heavy atom. The van der Waals surface area contributed by atoms with Gasteiger partial charge in [-0.3, -0.25) is 0 Å². The maximum atomic E-state index is 12.5. The zero-order chi connectivity index (χ0) is 17.9. The van der Waals surface area contributed by atoms with Crippen LogP contribution in [0, 0.1) is 0 Å². The van der Waals surface area contributed by atoms with Crippen molar-refractivity contribution in [1.29, 1.82) is 0 Å². The number of benzene rings is 1. The third-order valence-corrected chi connectivity index (χ3v) is 6.55. The lowest BCUT2D eigenvalue weighted by Crippen LogP contribution is -2.28. The Balaban J connectivity index is 1.70. The van der Waals surface area contributed by atoms with E-state index in [9.17, 15) is 8.42 Å². The molecule has 3 rings (SSSR count). The summed E-state index contributed by atoms with van der Waals surface area (Å²) in [4.78, 5) is 6.66. The molecule has 1 aromatic heterocycles. The van der Waals surface area contributed by atoms with E-state index < -0.39 is 10.0 Å². The second-order valence-corrected chi connectivity index (χ2v) is 8.43. The van der Waals surface area contributed by atoms with Crippen molar-refractivity contribution in [3.8, 4) is 0 Å². The Labute approximate surface area is 150 Å². The van der Waals surface area contributed by atoms with Crippen molar-refractivity contribution in [1.82, 2.24) is 9.29 Å². The van der Waals surface area contributed by atoms with E-state index in [2.05, 4.69) is 36.2 Å². The summed E-state index contributed by atoms with van der Waals surface area (Å²) in [7, 11) is -1.43. The van der Waals surface area contributed by atoms with E-state index in [1.54, 1.807) is 16.4 Å². The fourth-order valence-electron chi connectivity index (χ4n) is 3.06. The van der Waals surface area contributed by atoms with Crippen LogP contribution in [0.1, 0.15) is 30.9 Å². The van der Waals surface area contributed by atoms with Crippen molar-refractivity contribution in [3.05, 3.63) is 53.7 Å². The van der Waals surface area contributed by atoms with Gasteiger partial charge in [-0.15, -0.1) is 0 Å². The molecule has 0 N–H and O–H groups in total. The standard InChI is InChI=1S/C19H25N3O2S/c1-3-16-6-8-17(9-7-16)15-21(2)19-11-10-18(14-20-19)25(23,24)22-12-4-5-13-22/h6-11,14H,3-5,12-13,15H2,1-2H3. The number of aromatic nitrogens is 1. The first-order valence-corrected chi connectivity index (χ1v) is 10.2. The van der Waals surface area contributed by atoms with E-state index in [1.807, 2.05) is 11.9 Å². The van der Waals surface area contributed by atoms with Crippen LogP contribution in [0.15, 0.2) is 47.5 Å².